The molecule has 0 amide bonds. The SMILES string of the molecule is NC(N)=NCc1ccc([N+](=O)[O-])cc1. The standard InChI is InChI=1S/C8H10N4O2/c9-8(10)11-5-6-1-3-7(4-2-6)12(13)14/h1-4H,5H2,(H4,9,10,11). The van der Waals surface area contributed by atoms with E-state index in [4.69, 9.17) is 11.5 Å². The maximum absolute atomic E-state index is 10.3. The number of nitro groups is 1. The summed E-state index contributed by atoms with van der Waals surface area (Å²) in [6, 6.07) is 6.06. The zero-order valence-corrected chi connectivity index (χ0v) is 7.38. The van der Waals surface area contributed by atoms with Gasteiger partial charge in [-0.05, 0) is 5.56 Å². The minimum atomic E-state index is -0.454. The lowest BCUT2D eigenvalue weighted by atomic mass is 10.2. The van der Waals surface area contributed by atoms with Gasteiger partial charge < -0.3 is 11.5 Å². The van der Waals surface area contributed by atoms with Crippen molar-refractivity contribution in [2.24, 2.45) is 16.5 Å². The van der Waals surface area contributed by atoms with E-state index in [1.165, 1.54) is 12.1 Å². The van der Waals surface area contributed by atoms with Crippen LogP contribution in [0.2, 0.25) is 0 Å². The van der Waals surface area contributed by atoms with Gasteiger partial charge in [-0.15, -0.1) is 0 Å². The summed E-state index contributed by atoms with van der Waals surface area (Å²) in [5, 5.41) is 10.3. The van der Waals surface area contributed by atoms with Crippen LogP contribution in [-0.2, 0) is 6.54 Å². The Morgan fingerprint density at radius 2 is 1.93 bits per heavy atom. The molecule has 0 aliphatic rings. The average molecular weight is 194 g/mol. The van der Waals surface area contributed by atoms with Crippen LogP contribution in [0.3, 0.4) is 0 Å². The highest BCUT2D eigenvalue weighted by atomic mass is 16.6. The number of nitrogens with zero attached hydrogens (tertiary/aromatic N) is 2. The summed E-state index contributed by atoms with van der Waals surface area (Å²) in [4.78, 5) is 13.6. The Balaban J connectivity index is 2.74. The van der Waals surface area contributed by atoms with Gasteiger partial charge >= 0.3 is 0 Å². The van der Waals surface area contributed by atoms with Crippen LogP contribution in [0.1, 0.15) is 5.56 Å². The van der Waals surface area contributed by atoms with Gasteiger partial charge in [-0.1, -0.05) is 12.1 Å². The number of nitro benzene ring substituents is 1. The summed E-state index contributed by atoms with van der Waals surface area (Å²) >= 11 is 0. The van der Waals surface area contributed by atoms with Gasteiger partial charge in [0.25, 0.3) is 5.69 Å². The molecule has 6 heteroatoms. The zero-order valence-electron chi connectivity index (χ0n) is 7.38. The largest absolute Gasteiger partial charge is 0.370 e. The molecule has 14 heavy (non-hydrogen) atoms. The fraction of sp³-hybridized carbons (Fsp3) is 0.125. The maximum Gasteiger partial charge on any atom is 0.269 e. The lowest BCUT2D eigenvalue weighted by molar-refractivity contribution is -0.384. The molecule has 0 spiro atoms. The smallest absolute Gasteiger partial charge is 0.269 e. The number of nitrogens with two attached hydrogens (primary N) is 2. The van der Waals surface area contributed by atoms with Crippen molar-refractivity contribution in [2.75, 3.05) is 0 Å². The third-order valence-corrected chi connectivity index (χ3v) is 1.59. The second-order valence-electron chi connectivity index (χ2n) is 2.66. The predicted molar refractivity (Wildman–Crippen MR) is 52.6 cm³/mol. The first-order chi connectivity index (χ1) is 6.59. The quantitative estimate of drug-likeness (QED) is 0.313. The summed E-state index contributed by atoms with van der Waals surface area (Å²) in [6.07, 6.45) is 0. The molecule has 0 aliphatic heterocycles. The van der Waals surface area contributed by atoms with Gasteiger partial charge in [0.15, 0.2) is 5.96 Å². The molecule has 0 fully saturated rings. The topological polar surface area (TPSA) is 108 Å². The molecule has 0 saturated heterocycles. The van der Waals surface area contributed by atoms with E-state index in [1.807, 2.05) is 0 Å². The van der Waals surface area contributed by atoms with Crippen LogP contribution in [0, 0.1) is 10.1 Å². The molecule has 0 aliphatic carbocycles. The van der Waals surface area contributed by atoms with Crippen LogP contribution in [-0.4, -0.2) is 10.9 Å². The summed E-state index contributed by atoms with van der Waals surface area (Å²) < 4.78 is 0. The van der Waals surface area contributed by atoms with E-state index in [-0.39, 0.29) is 11.6 Å². The normalized spacial score (nSPS) is 9.43. The number of benzene rings is 1. The van der Waals surface area contributed by atoms with Crippen LogP contribution in [0.4, 0.5) is 5.69 Å². The summed E-state index contributed by atoms with van der Waals surface area (Å²) in [5.74, 6) is 0.00310. The Morgan fingerprint density at radius 1 is 1.36 bits per heavy atom. The highest BCUT2D eigenvalue weighted by molar-refractivity contribution is 5.75. The number of hydrogen-bond donors (Lipinski definition) is 2. The van der Waals surface area contributed by atoms with Crippen LogP contribution in [0.25, 0.3) is 0 Å². The fourth-order valence-corrected chi connectivity index (χ4v) is 0.906. The average Bonchev–Trinajstić information content (AvgIpc) is 2.15. The van der Waals surface area contributed by atoms with Crippen LogP contribution in [0.5, 0.6) is 0 Å². The second-order valence-corrected chi connectivity index (χ2v) is 2.66. The molecule has 0 heterocycles. The Bertz CT molecular complexity index is 354. The maximum atomic E-state index is 10.3. The first-order valence-electron chi connectivity index (χ1n) is 3.88. The number of rotatable bonds is 3. The van der Waals surface area contributed by atoms with Crippen molar-refractivity contribution in [3.63, 3.8) is 0 Å². The molecule has 1 aromatic rings. The summed E-state index contributed by atoms with van der Waals surface area (Å²) in [5.41, 5.74) is 11.2. The highest BCUT2D eigenvalue weighted by Crippen LogP contribution is 2.12. The van der Waals surface area contributed by atoms with Crippen molar-refractivity contribution < 1.29 is 4.92 Å². The predicted octanol–water partition coefficient (Wildman–Crippen LogP) is 0.368. The van der Waals surface area contributed by atoms with Crippen molar-refractivity contribution in [3.05, 3.63) is 39.9 Å². The van der Waals surface area contributed by atoms with E-state index in [1.54, 1.807) is 12.1 Å². The number of aliphatic imine (C=N–C) groups is 1. The van der Waals surface area contributed by atoms with Crippen molar-refractivity contribution in [1.29, 1.82) is 0 Å². The van der Waals surface area contributed by atoms with E-state index < -0.39 is 4.92 Å². The van der Waals surface area contributed by atoms with Gasteiger partial charge in [0.2, 0.25) is 0 Å². The van der Waals surface area contributed by atoms with E-state index in [2.05, 4.69) is 4.99 Å². The molecule has 0 bridgehead atoms. The van der Waals surface area contributed by atoms with Gasteiger partial charge in [-0.3, -0.25) is 10.1 Å². The summed E-state index contributed by atoms with van der Waals surface area (Å²) in [7, 11) is 0. The molecule has 0 saturated carbocycles. The highest BCUT2D eigenvalue weighted by Gasteiger charge is 2.02. The Labute approximate surface area is 80.4 Å². The number of hydrogen-bond acceptors (Lipinski definition) is 3. The van der Waals surface area contributed by atoms with E-state index in [0.29, 0.717) is 6.54 Å². The van der Waals surface area contributed by atoms with Crippen LogP contribution in [0.15, 0.2) is 29.3 Å². The molecule has 74 valence electrons. The molecular formula is C8H10N4O2. The number of guanidine groups is 1. The van der Waals surface area contributed by atoms with E-state index >= 15 is 0 Å². The number of non-ortho nitro benzene ring substituents is 1. The minimum Gasteiger partial charge on any atom is -0.370 e. The first kappa shape index (κ1) is 9.97. The van der Waals surface area contributed by atoms with Gasteiger partial charge in [-0.2, -0.15) is 0 Å². The van der Waals surface area contributed by atoms with Gasteiger partial charge in [-0.25, -0.2) is 4.99 Å². The molecule has 0 radical (unpaired) electrons. The zero-order chi connectivity index (χ0) is 10.6. The van der Waals surface area contributed by atoms with Gasteiger partial charge in [0.05, 0.1) is 11.5 Å². The molecule has 4 N–H and O–H groups in total. The Morgan fingerprint density at radius 3 is 2.36 bits per heavy atom. The van der Waals surface area contributed by atoms with Crippen LogP contribution >= 0.6 is 0 Å². The minimum absolute atomic E-state index is 0.00310. The van der Waals surface area contributed by atoms with E-state index in [0.717, 1.165) is 5.56 Å². The molecule has 6 nitrogen and oxygen atoms in total. The summed E-state index contributed by atoms with van der Waals surface area (Å²) in [6.45, 7) is 0.334. The van der Waals surface area contributed by atoms with Crippen LogP contribution < -0.4 is 11.5 Å². The van der Waals surface area contributed by atoms with Gasteiger partial charge in [0, 0.05) is 12.1 Å². The van der Waals surface area contributed by atoms with Crippen molar-refractivity contribution in [2.45, 2.75) is 6.54 Å². The third-order valence-electron chi connectivity index (χ3n) is 1.59. The third kappa shape index (κ3) is 2.74. The first-order valence-corrected chi connectivity index (χ1v) is 3.88. The molecule has 0 aromatic heterocycles. The Kier molecular flexibility index (Phi) is 3.01. The fourth-order valence-electron chi connectivity index (χ4n) is 0.906. The van der Waals surface area contributed by atoms with Gasteiger partial charge in [0.1, 0.15) is 0 Å². The monoisotopic (exact) mass is 194 g/mol. The van der Waals surface area contributed by atoms with Crippen molar-refractivity contribution in [1.82, 2.24) is 0 Å². The molecule has 1 rings (SSSR count). The molecule has 1 aromatic carbocycles. The van der Waals surface area contributed by atoms with E-state index in [9.17, 15) is 10.1 Å². The van der Waals surface area contributed by atoms with Crippen molar-refractivity contribution in [3.8, 4) is 0 Å². The molecular weight excluding hydrogens is 184 g/mol. The molecule has 0 unspecified atom stereocenters. The van der Waals surface area contributed by atoms with Crippen molar-refractivity contribution >= 4 is 11.6 Å². The lowest BCUT2D eigenvalue weighted by Gasteiger charge is -1.96. The second kappa shape index (κ2) is 4.22. The Hall–Kier alpha value is -2.11. The molecule has 0 atom stereocenters. The lowest BCUT2D eigenvalue weighted by Crippen LogP contribution is -2.22.